The van der Waals surface area contributed by atoms with Gasteiger partial charge in [-0.3, -0.25) is 4.79 Å². The van der Waals surface area contributed by atoms with E-state index < -0.39 is 5.54 Å². The number of carbonyl (C=O) groups is 2. The maximum absolute atomic E-state index is 12.0. The van der Waals surface area contributed by atoms with Gasteiger partial charge in [0.1, 0.15) is 6.29 Å². The molecule has 0 heterocycles. The molecular weight excluding hydrogens is 432 g/mol. The van der Waals surface area contributed by atoms with Crippen LogP contribution < -0.4 is 5.32 Å². The molecule has 0 radical (unpaired) electrons. The minimum atomic E-state index is -0.429. The van der Waals surface area contributed by atoms with Gasteiger partial charge in [0.15, 0.2) is 0 Å². The Labute approximate surface area is 205 Å². The molecule has 1 N–H and O–H groups in total. The summed E-state index contributed by atoms with van der Waals surface area (Å²) < 4.78 is 7.09. The minimum Gasteiger partial charge on any atom is -0.469 e. The molecule has 5 unspecified atom stereocenters. The van der Waals surface area contributed by atoms with E-state index in [1.165, 1.54) is 30.4 Å². The lowest BCUT2D eigenvalue weighted by molar-refractivity contribution is -0.158. The van der Waals surface area contributed by atoms with Gasteiger partial charge < -0.3 is 14.8 Å². The summed E-state index contributed by atoms with van der Waals surface area (Å²) in [5.74, 6) is 2.05. The average molecular weight is 477 g/mol. The molecule has 0 saturated heterocycles. The molecule has 0 spiro atoms. The maximum Gasteiger partial charge on any atom is 0.311 e. The predicted octanol–water partition coefficient (Wildman–Crippen LogP) is 5.51. The van der Waals surface area contributed by atoms with E-state index >= 15 is 0 Å². The summed E-state index contributed by atoms with van der Waals surface area (Å²) >= 11 is 1.65. The van der Waals surface area contributed by atoms with Crippen LogP contribution in [0.4, 0.5) is 0 Å². The number of nitrogens with zero attached hydrogens (tertiary/aromatic N) is 1. The zero-order valence-corrected chi connectivity index (χ0v) is 22.6. The SMILES string of the molecule is CCN(Sc1ccccc1C)C(C)(C)C=O.CNC1C(C)CC2CC1CC(C)(C(=O)OC)C2. The molecule has 0 amide bonds. The molecule has 6 heteroatoms. The molecule has 2 saturated carbocycles. The van der Waals surface area contributed by atoms with Crippen molar-refractivity contribution < 1.29 is 14.3 Å². The maximum atomic E-state index is 12.0. The highest BCUT2D eigenvalue weighted by atomic mass is 32.2. The second-order valence-corrected chi connectivity index (χ2v) is 11.7. The molecule has 33 heavy (non-hydrogen) atoms. The number of esters is 1. The Kier molecular flexibility index (Phi) is 10.0. The Morgan fingerprint density at radius 2 is 1.97 bits per heavy atom. The van der Waals surface area contributed by atoms with Crippen LogP contribution in [-0.4, -0.2) is 48.8 Å². The highest BCUT2D eigenvalue weighted by Crippen LogP contribution is 2.50. The molecule has 1 aromatic rings. The third-order valence-electron chi connectivity index (χ3n) is 7.45. The second kappa shape index (κ2) is 11.9. The number of carbonyl (C=O) groups excluding carboxylic acids is 2. The number of aldehydes is 1. The van der Waals surface area contributed by atoms with Gasteiger partial charge >= 0.3 is 5.97 Å². The van der Waals surface area contributed by atoms with E-state index in [9.17, 15) is 9.59 Å². The minimum absolute atomic E-state index is 0.0170. The van der Waals surface area contributed by atoms with Gasteiger partial charge in [-0.05, 0) is 102 Å². The third kappa shape index (κ3) is 6.83. The van der Waals surface area contributed by atoms with E-state index in [1.807, 2.05) is 33.0 Å². The number of fused-ring (bicyclic) bond motifs is 2. The van der Waals surface area contributed by atoms with Crippen molar-refractivity contribution in [2.45, 2.75) is 83.7 Å². The summed E-state index contributed by atoms with van der Waals surface area (Å²) in [6.45, 7) is 13.3. The predicted molar refractivity (Wildman–Crippen MR) is 137 cm³/mol. The fourth-order valence-electron chi connectivity index (χ4n) is 5.84. The molecule has 186 valence electrons. The first-order valence-corrected chi connectivity index (χ1v) is 13.0. The molecule has 3 rings (SSSR count). The molecular formula is C27H44N2O3S. The number of hydrogen-bond donors (Lipinski definition) is 1. The quantitative estimate of drug-likeness (QED) is 0.318. The van der Waals surface area contributed by atoms with Crippen molar-refractivity contribution >= 4 is 24.2 Å². The van der Waals surface area contributed by atoms with E-state index in [1.54, 1.807) is 11.9 Å². The summed E-state index contributed by atoms with van der Waals surface area (Å²) in [7, 11) is 3.56. The van der Waals surface area contributed by atoms with Gasteiger partial charge in [0.2, 0.25) is 0 Å². The Balaban J connectivity index is 0.000000234. The molecule has 2 fully saturated rings. The van der Waals surface area contributed by atoms with Crippen molar-refractivity contribution in [3.05, 3.63) is 29.8 Å². The largest absolute Gasteiger partial charge is 0.469 e. The summed E-state index contributed by atoms with van der Waals surface area (Å²) in [6.07, 6.45) is 5.52. The number of methoxy groups -OCH3 is 1. The fourth-order valence-corrected chi connectivity index (χ4v) is 6.84. The summed E-state index contributed by atoms with van der Waals surface area (Å²) in [4.78, 5) is 24.2. The number of aryl methyl sites for hydroxylation is 1. The fraction of sp³-hybridized carbons (Fsp3) is 0.704. The van der Waals surface area contributed by atoms with E-state index in [-0.39, 0.29) is 11.4 Å². The van der Waals surface area contributed by atoms with E-state index in [0.29, 0.717) is 17.9 Å². The highest BCUT2D eigenvalue weighted by molar-refractivity contribution is 7.97. The number of likely N-dealkylation sites (N-methyl/N-ethyl adjacent to an activating group) is 1. The summed E-state index contributed by atoms with van der Waals surface area (Å²) in [5.41, 5.74) is 0.562. The zero-order chi connectivity index (χ0) is 24.8. The van der Waals surface area contributed by atoms with Crippen molar-refractivity contribution in [1.82, 2.24) is 9.62 Å². The van der Waals surface area contributed by atoms with E-state index in [0.717, 1.165) is 31.6 Å². The second-order valence-electron chi connectivity index (χ2n) is 10.7. The smallest absolute Gasteiger partial charge is 0.311 e. The van der Waals surface area contributed by atoms with Crippen molar-refractivity contribution in [2.24, 2.45) is 23.2 Å². The molecule has 2 bridgehead atoms. The van der Waals surface area contributed by atoms with Crippen molar-refractivity contribution in [1.29, 1.82) is 0 Å². The van der Waals surface area contributed by atoms with Crippen LogP contribution in [0.15, 0.2) is 29.2 Å². The number of ether oxygens (including phenoxy) is 1. The molecule has 5 nitrogen and oxygen atoms in total. The van der Waals surface area contributed by atoms with Crippen LogP contribution >= 0.6 is 11.9 Å². The van der Waals surface area contributed by atoms with Gasteiger partial charge in [-0.2, -0.15) is 0 Å². The highest BCUT2D eigenvalue weighted by Gasteiger charge is 2.48. The lowest BCUT2D eigenvalue weighted by Gasteiger charge is -2.49. The van der Waals surface area contributed by atoms with Crippen molar-refractivity contribution in [3.8, 4) is 0 Å². The van der Waals surface area contributed by atoms with E-state index in [2.05, 4.69) is 49.4 Å². The zero-order valence-electron chi connectivity index (χ0n) is 21.8. The van der Waals surface area contributed by atoms with Gasteiger partial charge in [0.05, 0.1) is 18.1 Å². The number of rotatable bonds is 7. The van der Waals surface area contributed by atoms with Gasteiger partial charge in [-0.25, -0.2) is 4.31 Å². The summed E-state index contributed by atoms with van der Waals surface area (Å²) in [5, 5.41) is 3.45. The average Bonchev–Trinajstić information content (AvgIpc) is 2.77. The lowest BCUT2D eigenvalue weighted by atomic mass is 9.58. The Hall–Kier alpha value is -1.37. The van der Waals surface area contributed by atoms with Crippen molar-refractivity contribution in [3.63, 3.8) is 0 Å². The first kappa shape index (κ1) is 27.9. The molecule has 5 atom stereocenters. The van der Waals surface area contributed by atoms with Gasteiger partial charge in [0.25, 0.3) is 0 Å². The van der Waals surface area contributed by atoms with Crippen LogP contribution in [0.1, 0.15) is 65.9 Å². The van der Waals surface area contributed by atoms with Gasteiger partial charge in [-0.15, -0.1) is 0 Å². The number of hydrogen-bond acceptors (Lipinski definition) is 6. The Bertz CT molecular complexity index is 797. The molecule has 0 aromatic heterocycles. The molecule has 2 aliphatic carbocycles. The Morgan fingerprint density at radius 3 is 2.52 bits per heavy atom. The van der Waals surface area contributed by atoms with Crippen LogP contribution in [0.3, 0.4) is 0 Å². The molecule has 1 aromatic carbocycles. The Morgan fingerprint density at radius 1 is 1.30 bits per heavy atom. The van der Waals surface area contributed by atoms with Crippen molar-refractivity contribution in [2.75, 3.05) is 20.7 Å². The molecule has 2 aliphatic rings. The van der Waals surface area contributed by atoms with Crippen LogP contribution in [0.2, 0.25) is 0 Å². The van der Waals surface area contributed by atoms with Crippen LogP contribution in [0.5, 0.6) is 0 Å². The van der Waals surface area contributed by atoms with Crippen LogP contribution in [0.25, 0.3) is 0 Å². The van der Waals surface area contributed by atoms with Gasteiger partial charge in [0, 0.05) is 17.5 Å². The number of nitrogens with one attached hydrogen (secondary N) is 1. The first-order valence-electron chi connectivity index (χ1n) is 12.2. The van der Waals surface area contributed by atoms with E-state index in [4.69, 9.17) is 4.74 Å². The third-order valence-corrected chi connectivity index (χ3v) is 9.05. The normalized spacial score (nSPS) is 29.1. The molecule has 0 aliphatic heterocycles. The first-order chi connectivity index (χ1) is 15.5. The standard InChI is InChI=1S/C14H25NO2.C13H19NOS/c1-9-5-10-6-11(12(9)15-3)8-14(2,7-10)13(16)17-4;1-5-14(13(3,4)10-15)16-12-9-7-6-8-11(12)2/h9-12,15H,5-8H2,1-4H3;6-10H,5H2,1-4H3. The lowest BCUT2D eigenvalue weighted by Crippen LogP contribution is -2.51. The summed E-state index contributed by atoms with van der Waals surface area (Å²) in [6, 6.07) is 8.79. The van der Waals surface area contributed by atoms with Crippen LogP contribution in [-0.2, 0) is 14.3 Å². The van der Waals surface area contributed by atoms with Crippen LogP contribution in [0, 0.1) is 30.1 Å². The number of benzene rings is 1. The topological polar surface area (TPSA) is 58.6 Å². The van der Waals surface area contributed by atoms with Gasteiger partial charge in [-0.1, -0.05) is 32.0 Å². The monoisotopic (exact) mass is 476 g/mol.